The summed E-state index contributed by atoms with van der Waals surface area (Å²) < 4.78 is 5.33. The molecule has 106 valence electrons. The number of imide groups is 1. The van der Waals surface area contributed by atoms with E-state index in [0.717, 1.165) is 13.0 Å². The Labute approximate surface area is 109 Å². The molecule has 0 rings (SSSR count). The summed E-state index contributed by atoms with van der Waals surface area (Å²) in [5.41, 5.74) is 0. The van der Waals surface area contributed by atoms with Gasteiger partial charge in [0.1, 0.15) is 6.10 Å². The molecule has 1 unspecified atom stereocenters. The number of amides is 3. The summed E-state index contributed by atoms with van der Waals surface area (Å²) in [7, 11) is 0. The molecule has 1 atom stereocenters. The molecule has 18 heavy (non-hydrogen) atoms. The maximum atomic E-state index is 11.5. The van der Waals surface area contributed by atoms with Gasteiger partial charge in [-0.1, -0.05) is 13.8 Å². The Morgan fingerprint density at radius 3 is 2.44 bits per heavy atom. The molecule has 0 aromatic rings. The third-order valence-corrected chi connectivity index (χ3v) is 2.18. The SMILES string of the molecule is CCNC(=O)NC(=O)C(C)OCCCNC(C)C. The minimum absolute atomic E-state index is 0.419. The second-order valence-corrected chi connectivity index (χ2v) is 4.32. The van der Waals surface area contributed by atoms with Crippen molar-refractivity contribution >= 4 is 11.9 Å². The van der Waals surface area contributed by atoms with E-state index in [1.54, 1.807) is 13.8 Å². The van der Waals surface area contributed by atoms with Crippen molar-refractivity contribution in [3.05, 3.63) is 0 Å². The lowest BCUT2D eigenvalue weighted by molar-refractivity contribution is -0.130. The van der Waals surface area contributed by atoms with Gasteiger partial charge in [0.15, 0.2) is 0 Å². The van der Waals surface area contributed by atoms with Crippen LogP contribution in [0.3, 0.4) is 0 Å². The molecule has 0 bridgehead atoms. The summed E-state index contributed by atoms with van der Waals surface area (Å²) in [6.07, 6.45) is 0.211. The molecule has 3 amide bonds. The molecule has 0 fully saturated rings. The van der Waals surface area contributed by atoms with Gasteiger partial charge >= 0.3 is 6.03 Å². The first kappa shape index (κ1) is 16.9. The molecular formula is C12H25N3O3. The predicted octanol–water partition coefficient (Wildman–Crippen LogP) is 0.625. The van der Waals surface area contributed by atoms with Crippen LogP contribution in [0.1, 0.15) is 34.1 Å². The molecule has 6 nitrogen and oxygen atoms in total. The van der Waals surface area contributed by atoms with E-state index in [1.165, 1.54) is 0 Å². The van der Waals surface area contributed by atoms with Crippen LogP contribution in [0.25, 0.3) is 0 Å². The van der Waals surface area contributed by atoms with Crippen molar-refractivity contribution in [3.63, 3.8) is 0 Å². The van der Waals surface area contributed by atoms with Crippen LogP contribution >= 0.6 is 0 Å². The predicted molar refractivity (Wildman–Crippen MR) is 70.4 cm³/mol. The van der Waals surface area contributed by atoms with Gasteiger partial charge < -0.3 is 15.4 Å². The van der Waals surface area contributed by atoms with Crippen molar-refractivity contribution in [2.75, 3.05) is 19.7 Å². The zero-order valence-corrected chi connectivity index (χ0v) is 11.7. The van der Waals surface area contributed by atoms with Gasteiger partial charge in [0.25, 0.3) is 5.91 Å². The zero-order chi connectivity index (χ0) is 14.0. The Hall–Kier alpha value is -1.14. The van der Waals surface area contributed by atoms with Crippen molar-refractivity contribution in [1.29, 1.82) is 0 Å². The molecule has 0 aliphatic heterocycles. The Morgan fingerprint density at radius 1 is 1.22 bits per heavy atom. The normalized spacial score (nSPS) is 12.3. The van der Waals surface area contributed by atoms with Gasteiger partial charge in [-0.2, -0.15) is 0 Å². The molecule has 3 N–H and O–H groups in total. The number of rotatable bonds is 8. The van der Waals surface area contributed by atoms with Crippen molar-refractivity contribution in [3.8, 4) is 0 Å². The highest BCUT2D eigenvalue weighted by molar-refractivity contribution is 5.96. The molecule has 0 spiro atoms. The number of nitrogens with one attached hydrogen (secondary N) is 3. The second-order valence-electron chi connectivity index (χ2n) is 4.32. The van der Waals surface area contributed by atoms with E-state index >= 15 is 0 Å². The third-order valence-electron chi connectivity index (χ3n) is 2.18. The number of hydrogen-bond donors (Lipinski definition) is 3. The van der Waals surface area contributed by atoms with Crippen molar-refractivity contribution in [2.45, 2.75) is 46.3 Å². The molecule has 0 aromatic heterocycles. The number of ether oxygens (including phenoxy) is 1. The number of carbonyl (C=O) groups is 2. The summed E-state index contributed by atoms with van der Waals surface area (Å²) in [6.45, 7) is 9.38. The van der Waals surface area contributed by atoms with Crippen LogP contribution in [0.5, 0.6) is 0 Å². The zero-order valence-electron chi connectivity index (χ0n) is 11.7. The summed E-state index contributed by atoms with van der Waals surface area (Å²) in [4.78, 5) is 22.6. The van der Waals surface area contributed by atoms with Crippen LogP contribution < -0.4 is 16.0 Å². The lowest BCUT2D eigenvalue weighted by atomic mass is 10.3. The van der Waals surface area contributed by atoms with E-state index in [1.807, 2.05) is 0 Å². The van der Waals surface area contributed by atoms with Crippen LogP contribution in [-0.4, -0.2) is 43.8 Å². The van der Waals surface area contributed by atoms with Crippen molar-refractivity contribution in [1.82, 2.24) is 16.0 Å². The molecule has 0 aliphatic carbocycles. The van der Waals surface area contributed by atoms with E-state index in [9.17, 15) is 9.59 Å². The first-order chi connectivity index (χ1) is 8.47. The monoisotopic (exact) mass is 259 g/mol. The highest BCUT2D eigenvalue weighted by Gasteiger charge is 2.15. The highest BCUT2D eigenvalue weighted by atomic mass is 16.5. The summed E-state index contributed by atoms with van der Waals surface area (Å²) in [5, 5.41) is 7.95. The van der Waals surface area contributed by atoms with E-state index in [-0.39, 0.29) is 0 Å². The molecular weight excluding hydrogens is 234 g/mol. The first-order valence-corrected chi connectivity index (χ1v) is 6.41. The second kappa shape index (κ2) is 9.85. The molecule has 0 radical (unpaired) electrons. The van der Waals surface area contributed by atoms with Gasteiger partial charge in [0.2, 0.25) is 0 Å². The minimum Gasteiger partial charge on any atom is -0.369 e. The summed E-state index contributed by atoms with van der Waals surface area (Å²) in [5.74, 6) is -0.419. The highest BCUT2D eigenvalue weighted by Crippen LogP contribution is 1.93. The smallest absolute Gasteiger partial charge is 0.321 e. The van der Waals surface area contributed by atoms with Crippen LogP contribution in [0.4, 0.5) is 4.79 Å². The maximum absolute atomic E-state index is 11.5. The van der Waals surface area contributed by atoms with E-state index in [0.29, 0.717) is 19.2 Å². The fraction of sp³-hybridized carbons (Fsp3) is 0.833. The molecule has 0 aromatic carbocycles. The number of hydrogen-bond acceptors (Lipinski definition) is 4. The van der Waals surface area contributed by atoms with Crippen molar-refractivity contribution < 1.29 is 14.3 Å². The van der Waals surface area contributed by atoms with Gasteiger partial charge in [0.05, 0.1) is 0 Å². The number of urea groups is 1. The van der Waals surface area contributed by atoms with Crippen LogP contribution in [-0.2, 0) is 9.53 Å². The maximum Gasteiger partial charge on any atom is 0.321 e. The minimum atomic E-state index is -0.619. The Morgan fingerprint density at radius 2 is 1.89 bits per heavy atom. The standard InChI is InChI=1S/C12H25N3O3/c1-5-13-12(17)15-11(16)10(4)18-8-6-7-14-9(2)3/h9-10,14H,5-8H2,1-4H3,(H2,13,15,16,17). The first-order valence-electron chi connectivity index (χ1n) is 6.41. The largest absolute Gasteiger partial charge is 0.369 e. The van der Waals surface area contributed by atoms with Crippen LogP contribution in [0, 0.1) is 0 Å². The van der Waals surface area contributed by atoms with E-state index in [2.05, 4.69) is 29.8 Å². The molecule has 6 heteroatoms. The average Bonchev–Trinajstić information content (AvgIpc) is 2.28. The fourth-order valence-electron chi connectivity index (χ4n) is 1.22. The lowest BCUT2D eigenvalue weighted by Gasteiger charge is -2.13. The molecule has 0 aliphatic rings. The average molecular weight is 259 g/mol. The summed E-state index contributed by atoms with van der Waals surface area (Å²) >= 11 is 0. The Balaban J connectivity index is 3.65. The molecule has 0 saturated carbocycles. The summed E-state index contributed by atoms with van der Waals surface area (Å²) in [6, 6.07) is -0.0390. The van der Waals surface area contributed by atoms with Gasteiger partial charge in [-0.25, -0.2) is 4.79 Å². The topological polar surface area (TPSA) is 79.5 Å². The Bertz CT molecular complexity index is 257. The van der Waals surface area contributed by atoms with Gasteiger partial charge in [-0.15, -0.1) is 0 Å². The third kappa shape index (κ3) is 8.95. The molecule has 0 heterocycles. The number of carbonyl (C=O) groups excluding carboxylic acids is 2. The van der Waals surface area contributed by atoms with E-state index < -0.39 is 18.0 Å². The Kier molecular flexibility index (Phi) is 9.22. The van der Waals surface area contributed by atoms with Crippen molar-refractivity contribution in [2.24, 2.45) is 0 Å². The quantitative estimate of drug-likeness (QED) is 0.558. The van der Waals surface area contributed by atoms with Gasteiger partial charge in [0, 0.05) is 19.2 Å². The van der Waals surface area contributed by atoms with Gasteiger partial charge in [-0.3, -0.25) is 10.1 Å². The van der Waals surface area contributed by atoms with Crippen LogP contribution in [0.15, 0.2) is 0 Å². The van der Waals surface area contributed by atoms with Gasteiger partial charge in [-0.05, 0) is 26.8 Å². The van der Waals surface area contributed by atoms with Crippen LogP contribution in [0.2, 0.25) is 0 Å². The molecule has 0 saturated heterocycles. The lowest BCUT2D eigenvalue weighted by Crippen LogP contribution is -2.44. The fourth-order valence-corrected chi connectivity index (χ4v) is 1.22. The van der Waals surface area contributed by atoms with E-state index in [4.69, 9.17) is 4.74 Å².